The summed E-state index contributed by atoms with van der Waals surface area (Å²) in [6.07, 6.45) is 1.90. The number of hydrogen-bond donors (Lipinski definition) is 0. The monoisotopic (exact) mass is 179 g/mol. The second-order valence-electron chi connectivity index (χ2n) is 4.39. The quantitative estimate of drug-likeness (QED) is 0.568. The van der Waals surface area contributed by atoms with Crippen LogP contribution in [0.25, 0.3) is 0 Å². The largest absolute Gasteiger partial charge is 0.408 e. The van der Waals surface area contributed by atoms with Crippen LogP contribution in [0.2, 0.25) is 0 Å². The molecule has 0 fully saturated rings. The average molecular weight is 179 g/mol. The Morgan fingerprint density at radius 3 is 2.77 bits per heavy atom. The van der Waals surface area contributed by atoms with Crippen LogP contribution in [-0.2, 0) is 16.8 Å². The molecule has 1 aromatic heterocycles. The van der Waals surface area contributed by atoms with Crippen molar-refractivity contribution < 1.29 is 9.53 Å². The highest BCUT2D eigenvalue weighted by Crippen LogP contribution is 2.34. The van der Waals surface area contributed by atoms with E-state index in [2.05, 4.69) is 20.8 Å². The van der Waals surface area contributed by atoms with Gasteiger partial charge in [0.05, 0.1) is 0 Å². The molecule has 1 aliphatic rings. The summed E-state index contributed by atoms with van der Waals surface area (Å²) in [5, 5.41) is 0. The number of carbonyl (C=O) groups is 1. The smallest absolute Gasteiger partial charge is 0.332 e. The first kappa shape index (κ1) is 8.35. The van der Waals surface area contributed by atoms with Crippen molar-refractivity contribution in [3.8, 4) is 5.88 Å². The van der Waals surface area contributed by atoms with E-state index < -0.39 is 0 Å². The molecule has 0 amide bonds. The maximum Gasteiger partial charge on any atom is 0.332 e. The minimum absolute atomic E-state index is 0.0329. The minimum atomic E-state index is -0.166. The van der Waals surface area contributed by atoms with Gasteiger partial charge in [-0.2, -0.15) is 0 Å². The molecule has 3 nitrogen and oxygen atoms in total. The highest BCUT2D eigenvalue weighted by Gasteiger charge is 2.28. The van der Waals surface area contributed by atoms with Crippen LogP contribution in [0.5, 0.6) is 5.88 Å². The van der Waals surface area contributed by atoms with Crippen molar-refractivity contribution in [2.45, 2.75) is 32.7 Å². The summed E-state index contributed by atoms with van der Waals surface area (Å²) in [5.41, 5.74) is 1.13. The number of carbonyl (C=O) groups excluding carboxylic acids is 1. The number of hydrogen-bond acceptors (Lipinski definition) is 2. The predicted octanol–water partition coefficient (Wildman–Crippen LogP) is 1.70. The second kappa shape index (κ2) is 2.37. The average Bonchev–Trinajstić information content (AvgIpc) is 2.41. The van der Waals surface area contributed by atoms with E-state index in [0.29, 0.717) is 6.54 Å². The van der Waals surface area contributed by atoms with E-state index in [1.54, 1.807) is 0 Å². The van der Waals surface area contributed by atoms with Gasteiger partial charge in [-0.3, -0.25) is 0 Å². The van der Waals surface area contributed by atoms with E-state index in [9.17, 15) is 4.79 Å². The maximum absolute atomic E-state index is 11.0. The highest BCUT2D eigenvalue weighted by atomic mass is 16.6. The Bertz CT molecular complexity index is 357. The second-order valence-corrected chi connectivity index (χ2v) is 4.39. The van der Waals surface area contributed by atoms with Crippen LogP contribution in [0, 0.1) is 0 Å². The van der Waals surface area contributed by atoms with E-state index in [0.717, 1.165) is 11.4 Å². The summed E-state index contributed by atoms with van der Waals surface area (Å²) < 4.78 is 6.98. The lowest BCUT2D eigenvalue weighted by Crippen LogP contribution is -2.12. The predicted molar refractivity (Wildman–Crippen MR) is 48.8 cm³/mol. The van der Waals surface area contributed by atoms with Crippen molar-refractivity contribution in [2.75, 3.05) is 0 Å². The molecule has 0 N–H and O–H groups in total. The normalized spacial score (nSPS) is 15.8. The van der Waals surface area contributed by atoms with E-state index in [4.69, 9.17) is 4.74 Å². The van der Waals surface area contributed by atoms with Gasteiger partial charge in [-0.1, -0.05) is 20.8 Å². The van der Waals surface area contributed by atoms with E-state index in [1.165, 1.54) is 0 Å². The zero-order chi connectivity index (χ0) is 9.64. The van der Waals surface area contributed by atoms with Crippen molar-refractivity contribution in [3.05, 3.63) is 17.8 Å². The molecule has 0 atom stereocenters. The molecule has 0 unspecified atom stereocenters. The number of fused-ring (bicyclic) bond motifs is 1. The van der Waals surface area contributed by atoms with Gasteiger partial charge in [-0.05, 0) is 11.5 Å². The van der Waals surface area contributed by atoms with Gasteiger partial charge in [0.1, 0.15) is 6.54 Å². The van der Waals surface area contributed by atoms with Crippen LogP contribution in [0.15, 0.2) is 12.3 Å². The molecule has 0 spiro atoms. The Morgan fingerprint density at radius 1 is 1.46 bits per heavy atom. The molecule has 0 bridgehead atoms. The molecule has 0 aliphatic carbocycles. The number of esters is 1. The third kappa shape index (κ3) is 1.24. The Kier molecular flexibility index (Phi) is 1.53. The van der Waals surface area contributed by atoms with Crippen LogP contribution in [0.3, 0.4) is 0 Å². The Labute approximate surface area is 77.3 Å². The lowest BCUT2D eigenvalue weighted by atomic mass is 9.89. The van der Waals surface area contributed by atoms with Crippen LogP contribution in [-0.4, -0.2) is 10.5 Å². The summed E-state index contributed by atoms with van der Waals surface area (Å²) in [6, 6.07) is 2.02. The van der Waals surface area contributed by atoms with Gasteiger partial charge >= 0.3 is 5.97 Å². The van der Waals surface area contributed by atoms with Crippen LogP contribution >= 0.6 is 0 Å². The third-order valence-electron chi connectivity index (χ3n) is 2.23. The number of rotatable bonds is 0. The van der Waals surface area contributed by atoms with Crippen LogP contribution < -0.4 is 4.74 Å². The van der Waals surface area contributed by atoms with Gasteiger partial charge in [-0.25, -0.2) is 4.79 Å². The molecule has 1 aromatic rings. The zero-order valence-electron chi connectivity index (χ0n) is 8.13. The SMILES string of the molecule is CC(C)(C)c1ccn2c1OC(=O)C2. The molecule has 13 heavy (non-hydrogen) atoms. The third-order valence-corrected chi connectivity index (χ3v) is 2.23. The van der Waals surface area contributed by atoms with Gasteiger partial charge in [0.2, 0.25) is 5.88 Å². The number of ether oxygens (including phenoxy) is 1. The molecule has 1 aliphatic heterocycles. The molecule has 2 heterocycles. The number of nitrogens with zero attached hydrogens (tertiary/aromatic N) is 1. The molecule has 2 rings (SSSR count). The fourth-order valence-electron chi connectivity index (χ4n) is 1.55. The fourth-order valence-corrected chi connectivity index (χ4v) is 1.55. The summed E-state index contributed by atoms with van der Waals surface area (Å²) in [7, 11) is 0. The molecule has 0 radical (unpaired) electrons. The maximum atomic E-state index is 11.0. The molecule has 0 aromatic carbocycles. The van der Waals surface area contributed by atoms with Crippen molar-refractivity contribution in [1.82, 2.24) is 4.57 Å². The van der Waals surface area contributed by atoms with E-state index in [1.807, 2.05) is 16.8 Å². The van der Waals surface area contributed by atoms with Crippen LogP contribution in [0.4, 0.5) is 0 Å². The topological polar surface area (TPSA) is 31.2 Å². The lowest BCUT2D eigenvalue weighted by Gasteiger charge is -2.17. The van der Waals surface area contributed by atoms with Gasteiger partial charge in [0.25, 0.3) is 0 Å². The van der Waals surface area contributed by atoms with Crippen molar-refractivity contribution in [3.63, 3.8) is 0 Å². The van der Waals surface area contributed by atoms with E-state index >= 15 is 0 Å². The summed E-state index contributed by atoms with van der Waals surface area (Å²) >= 11 is 0. The van der Waals surface area contributed by atoms with Crippen molar-refractivity contribution in [1.29, 1.82) is 0 Å². The lowest BCUT2D eigenvalue weighted by molar-refractivity contribution is -0.132. The minimum Gasteiger partial charge on any atom is -0.408 e. The van der Waals surface area contributed by atoms with Crippen molar-refractivity contribution in [2.24, 2.45) is 0 Å². The Morgan fingerprint density at radius 2 is 2.15 bits per heavy atom. The van der Waals surface area contributed by atoms with E-state index in [-0.39, 0.29) is 11.4 Å². The standard InChI is InChI=1S/C10H13NO2/c1-10(2,3)7-4-5-11-6-8(12)13-9(7)11/h4-5H,6H2,1-3H3. The fraction of sp³-hybridized carbons (Fsp3) is 0.500. The van der Waals surface area contributed by atoms with Crippen molar-refractivity contribution >= 4 is 5.97 Å². The van der Waals surface area contributed by atoms with Gasteiger partial charge < -0.3 is 9.30 Å². The summed E-state index contributed by atoms with van der Waals surface area (Å²) in [5.74, 6) is 0.554. The summed E-state index contributed by atoms with van der Waals surface area (Å²) in [6.45, 7) is 6.67. The molecule has 0 saturated heterocycles. The van der Waals surface area contributed by atoms with Crippen LogP contribution in [0.1, 0.15) is 26.3 Å². The molecular formula is C10H13NO2. The van der Waals surface area contributed by atoms with Gasteiger partial charge in [-0.15, -0.1) is 0 Å². The first-order valence-electron chi connectivity index (χ1n) is 4.39. The molecular weight excluding hydrogens is 166 g/mol. The van der Waals surface area contributed by atoms with Gasteiger partial charge in [0.15, 0.2) is 0 Å². The first-order valence-corrected chi connectivity index (χ1v) is 4.39. The molecule has 70 valence electrons. The molecule has 3 heteroatoms. The Hall–Kier alpha value is -1.25. The highest BCUT2D eigenvalue weighted by molar-refractivity contribution is 5.75. The zero-order valence-corrected chi connectivity index (χ0v) is 8.13. The van der Waals surface area contributed by atoms with Gasteiger partial charge in [0, 0.05) is 11.8 Å². The first-order chi connectivity index (χ1) is 5.98. The molecule has 0 saturated carbocycles. The Balaban J connectivity index is 2.47. The number of aromatic nitrogens is 1. The summed E-state index contributed by atoms with van der Waals surface area (Å²) in [4.78, 5) is 11.0.